The fourth-order valence-corrected chi connectivity index (χ4v) is 3.36. The molecule has 0 aliphatic carbocycles. The molecule has 1 aromatic rings. The predicted molar refractivity (Wildman–Crippen MR) is 84.2 cm³/mol. The average Bonchev–Trinajstić information content (AvgIpc) is 2.47. The van der Waals surface area contributed by atoms with E-state index in [2.05, 4.69) is 6.92 Å². The van der Waals surface area contributed by atoms with Gasteiger partial charge in [-0.3, -0.25) is 14.9 Å². The van der Waals surface area contributed by atoms with Crippen molar-refractivity contribution in [1.82, 2.24) is 4.90 Å². The number of nitro benzene ring substituents is 1. The lowest BCUT2D eigenvalue weighted by Gasteiger charge is -2.30. The molecular formula is C15H20N2O3S. The zero-order valence-corrected chi connectivity index (χ0v) is 13.0. The van der Waals surface area contributed by atoms with Crippen molar-refractivity contribution in [3.8, 4) is 0 Å². The molecule has 6 heteroatoms. The Bertz CT molecular complexity index is 504. The van der Waals surface area contributed by atoms with Crippen LogP contribution >= 0.6 is 11.8 Å². The number of benzene rings is 1. The monoisotopic (exact) mass is 308 g/mol. The first-order valence-electron chi connectivity index (χ1n) is 7.15. The second-order valence-corrected chi connectivity index (χ2v) is 6.49. The van der Waals surface area contributed by atoms with Gasteiger partial charge in [-0.2, -0.15) is 0 Å². The molecule has 0 unspecified atom stereocenters. The molecular weight excluding hydrogens is 288 g/mol. The van der Waals surface area contributed by atoms with Gasteiger partial charge in [0.2, 0.25) is 5.91 Å². The average molecular weight is 308 g/mol. The van der Waals surface area contributed by atoms with Gasteiger partial charge in [0, 0.05) is 31.0 Å². The number of nitro groups is 1. The van der Waals surface area contributed by atoms with Crippen LogP contribution in [0.1, 0.15) is 25.3 Å². The summed E-state index contributed by atoms with van der Waals surface area (Å²) in [6.07, 6.45) is 2.31. The third-order valence-electron chi connectivity index (χ3n) is 3.65. The van der Waals surface area contributed by atoms with Crippen molar-refractivity contribution in [3.63, 3.8) is 0 Å². The number of hydrogen-bond donors (Lipinski definition) is 0. The van der Waals surface area contributed by atoms with Gasteiger partial charge >= 0.3 is 0 Å². The summed E-state index contributed by atoms with van der Waals surface area (Å²) < 4.78 is 0. The highest BCUT2D eigenvalue weighted by molar-refractivity contribution is 7.99. The topological polar surface area (TPSA) is 63.5 Å². The van der Waals surface area contributed by atoms with Crippen molar-refractivity contribution in [2.24, 2.45) is 5.92 Å². The predicted octanol–water partition coefficient (Wildman–Crippen LogP) is 3.09. The lowest BCUT2D eigenvalue weighted by Crippen LogP contribution is -2.40. The van der Waals surface area contributed by atoms with E-state index in [1.54, 1.807) is 23.9 Å². The summed E-state index contributed by atoms with van der Waals surface area (Å²) in [5.74, 6) is 1.98. The van der Waals surface area contributed by atoms with E-state index in [1.807, 2.05) is 4.90 Å². The fraction of sp³-hybridized carbons (Fsp3) is 0.533. The minimum absolute atomic E-state index is 0.0992. The first kappa shape index (κ1) is 15.8. The molecule has 5 nitrogen and oxygen atoms in total. The van der Waals surface area contributed by atoms with E-state index in [1.165, 1.54) is 18.6 Å². The minimum atomic E-state index is -0.405. The maximum Gasteiger partial charge on any atom is 0.269 e. The Morgan fingerprint density at radius 1 is 1.43 bits per heavy atom. The van der Waals surface area contributed by atoms with Gasteiger partial charge < -0.3 is 4.90 Å². The zero-order valence-electron chi connectivity index (χ0n) is 12.2. The second-order valence-electron chi connectivity index (χ2n) is 5.50. The van der Waals surface area contributed by atoms with E-state index in [0.29, 0.717) is 17.4 Å². The smallest absolute Gasteiger partial charge is 0.269 e. The van der Waals surface area contributed by atoms with Crippen LogP contribution in [0.4, 0.5) is 5.69 Å². The number of carbonyl (C=O) groups excluding carboxylic acids is 1. The molecule has 0 N–H and O–H groups in total. The van der Waals surface area contributed by atoms with Crippen LogP contribution in [0.25, 0.3) is 0 Å². The number of likely N-dealkylation sites (tertiary alicyclic amines) is 1. The molecule has 1 heterocycles. The Balaban J connectivity index is 1.75. The highest BCUT2D eigenvalue weighted by atomic mass is 32.2. The molecule has 0 saturated carbocycles. The molecule has 0 radical (unpaired) electrons. The number of hydrogen-bond acceptors (Lipinski definition) is 4. The normalized spacial score (nSPS) is 18.5. The molecule has 0 bridgehead atoms. The Morgan fingerprint density at radius 2 is 2.14 bits per heavy atom. The van der Waals surface area contributed by atoms with Gasteiger partial charge in [-0.15, -0.1) is 11.8 Å². The maximum absolute atomic E-state index is 12.1. The van der Waals surface area contributed by atoms with Crippen molar-refractivity contribution in [1.29, 1.82) is 0 Å². The molecule has 114 valence electrons. The van der Waals surface area contributed by atoms with E-state index in [0.717, 1.165) is 25.1 Å². The Labute approximate surface area is 128 Å². The Hall–Kier alpha value is -1.56. The van der Waals surface area contributed by atoms with Crippen LogP contribution in [0.3, 0.4) is 0 Å². The summed E-state index contributed by atoms with van der Waals surface area (Å²) in [5, 5.41) is 10.6. The van der Waals surface area contributed by atoms with Crippen LogP contribution in [0, 0.1) is 16.0 Å². The molecule has 1 atom stereocenters. The number of carbonyl (C=O) groups is 1. The van der Waals surface area contributed by atoms with E-state index < -0.39 is 4.92 Å². The largest absolute Gasteiger partial charge is 0.342 e. The molecule has 1 aromatic carbocycles. The number of amides is 1. The number of piperidine rings is 1. The van der Waals surface area contributed by atoms with Gasteiger partial charge in [-0.05, 0) is 24.3 Å². The minimum Gasteiger partial charge on any atom is -0.342 e. The Kier molecular flexibility index (Phi) is 5.61. The lowest BCUT2D eigenvalue weighted by atomic mass is 10.0. The number of rotatable bonds is 5. The summed E-state index contributed by atoms with van der Waals surface area (Å²) in [4.78, 5) is 24.2. The van der Waals surface area contributed by atoms with E-state index >= 15 is 0 Å². The van der Waals surface area contributed by atoms with E-state index in [9.17, 15) is 14.9 Å². The van der Waals surface area contributed by atoms with Crippen LogP contribution in [0.2, 0.25) is 0 Å². The van der Waals surface area contributed by atoms with E-state index in [-0.39, 0.29) is 11.6 Å². The van der Waals surface area contributed by atoms with Crippen molar-refractivity contribution in [2.45, 2.75) is 25.5 Å². The molecule has 1 saturated heterocycles. The van der Waals surface area contributed by atoms with Crippen molar-refractivity contribution >= 4 is 23.4 Å². The van der Waals surface area contributed by atoms with E-state index in [4.69, 9.17) is 0 Å². The van der Waals surface area contributed by atoms with Gasteiger partial charge in [0.05, 0.1) is 10.7 Å². The van der Waals surface area contributed by atoms with Crippen molar-refractivity contribution in [3.05, 3.63) is 39.9 Å². The number of thioether (sulfide) groups is 1. The van der Waals surface area contributed by atoms with Gasteiger partial charge in [0.25, 0.3) is 5.69 Å². The summed E-state index contributed by atoms with van der Waals surface area (Å²) >= 11 is 1.56. The van der Waals surface area contributed by atoms with Crippen LogP contribution in [-0.2, 0) is 10.5 Å². The molecule has 2 rings (SSSR count). The highest BCUT2D eigenvalue weighted by Crippen LogP contribution is 2.19. The van der Waals surface area contributed by atoms with Crippen LogP contribution in [0.5, 0.6) is 0 Å². The third-order valence-corrected chi connectivity index (χ3v) is 4.64. The first-order valence-corrected chi connectivity index (χ1v) is 8.30. The third kappa shape index (κ3) is 4.74. The quantitative estimate of drug-likeness (QED) is 0.619. The summed E-state index contributed by atoms with van der Waals surface area (Å²) in [7, 11) is 0. The van der Waals surface area contributed by atoms with Gasteiger partial charge in [-0.1, -0.05) is 19.1 Å². The summed E-state index contributed by atoms with van der Waals surface area (Å²) in [6, 6.07) is 6.51. The van der Waals surface area contributed by atoms with Gasteiger partial charge in [0.1, 0.15) is 0 Å². The van der Waals surface area contributed by atoms with Gasteiger partial charge in [0.15, 0.2) is 0 Å². The molecule has 0 spiro atoms. The zero-order chi connectivity index (χ0) is 15.2. The molecule has 0 aromatic heterocycles. The standard InChI is InChI=1S/C15H20N2O3S/c1-12-3-2-8-16(9-12)15(18)11-21-10-13-4-6-14(7-5-13)17(19)20/h4-7,12H,2-3,8-11H2,1H3/t12-/m1/s1. The summed E-state index contributed by atoms with van der Waals surface area (Å²) in [6.45, 7) is 3.93. The Morgan fingerprint density at radius 3 is 2.76 bits per heavy atom. The maximum atomic E-state index is 12.1. The first-order chi connectivity index (χ1) is 10.1. The van der Waals surface area contributed by atoms with Crippen LogP contribution in [0.15, 0.2) is 24.3 Å². The molecule has 1 aliphatic rings. The van der Waals surface area contributed by atoms with Crippen molar-refractivity contribution < 1.29 is 9.72 Å². The highest BCUT2D eigenvalue weighted by Gasteiger charge is 2.20. The van der Waals surface area contributed by atoms with Crippen LogP contribution < -0.4 is 0 Å². The second kappa shape index (κ2) is 7.45. The summed E-state index contributed by atoms with van der Waals surface area (Å²) in [5.41, 5.74) is 1.10. The SMILES string of the molecule is C[C@@H]1CCCN(C(=O)CSCc2ccc([N+](=O)[O-])cc2)C1. The molecule has 1 fully saturated rings. The van der Waals surface area contributed by atoms with Gasteiger partial charge in [-0.25, -0.2) is 0 Å². The lowest BCUT2D eigenvalue weighted by molar-refractivity contribution is -0.384. The molecule has 1 aliphatic heterocycles. The fourth-order valence-electron chi connectivity index (χ4n) is 2.48. The van der Waals surface area contributed by atoms with Crippen LogP contribution in [-0.4, -0.2) is 34.6 Å². The molecule has 1 amide bonds. The number of non-ortho nitro benzene ring substituents is 1. The van der Waals surface area contributed by atoms with Crippen molar-refractivity contribution in [2.75, 3.05) is 18.8 Å². The number of nitrogens with zero attached hydrogens (tertiary/aromatic N) is 2. The molecule has 21 heavy (non-hydrogen) atoms.